The van der Waals surface area contributed by atoms with Crippen LogP contribution in [0.1, 0.15) is 10.4 Å². The maximum atomic E-state index is 12.4. The molecule has 3 rings (SSSR count). The molecule has 0 atom stereocenters. The van der Waals surface area contributed by atoms with E-state index in [1.807, 2.05) is 29.2 Å². The van der Waals surface area contributed by atoms with Crippen LogP contribution in [-0.2, 0) is 0 Å². The highest BCUT2D eigenvalue weighted by molar-refractivity contribution is 9.10. The SMILES string of the molecule is O=C(c1ccoc1Br)N1CCN(c2cccc(Cl)c2)CC1. The van der Waals surface area contributed by atoms with Crippen LogP contribution in [0.2, 0.25) is 5.02 Å². The van der Waals surface area contributed by atoms with Crippen molar-refractivity contribution in [3.05, 3.63) is 51.9 Å². The Morgan fingerprint density at radius 3 is 2.57 bits per heavy atom. The second kappa shape index (κ2) is 6.12. The summed E-state index contributed by atoms with van der Waals surface area (Å²) in [5.41, 5.74) is 1.67. The fourth-order valence-corrected chi connectivity index (χ4v) is 3.05. The van der Waals surface area contributed by atoms with Crippen LogP contribution in [0.3, 0.4) is 0 Å². The Morgan fingerprint density at radius 2 is 1.95 bits per heavy atom. The Balaban J connectivity index is 1.65. The van der Waals surface area contributed by atoms with Crippen LogP contribution in [0.5, 0.6) is 0 Å². The summed E-state index contributed by atoms with van der Waals surface area (Å²) >= 11 is 9.27. The maximum Gasteiger partial charge on any atom is 0.258 e. The smallest absolute Gasteiger partial charge is 0.258 e. The molecule has 1 aromatic carbocycles. The van der Waals surface area contributed by atoms with Gasteiger partial charge in [-0.1, -0.05) is 17.7 Å². The molecule has 1 amide bonds. The van der Waals surface area contributed by atoms with Crippen molar-refractivity contribution in [1.82, 2.24) is 4.90 Å². The third-order valence-corrected chi connectivity index (χ3v) is 4.44. The molecule has 0 unspecified atom stereocenters. The standard InChI is InChI=1S/C15H14BrClN2O2/c16-14-13(4-9-21-14)15(20)19-7-5-18(6-8-19)12-3-1-2-11(17)10-12/h1-4,9-10H,5-8H2. The van der Waals surface area contributed by atoms with Crippen molar-refractivity contribution in [2.24, 2.45) is 0 Å². The number of hydrogen-bond acceptors (Lipinski definition) is 3. The van der Waals surface area contributed by atoms with Gasteiger partial charge in [0.25, 0.3) is 5.91 Å². The van der Waals surface area contributed by atoms with E-state index >= 15 is 0 Å². The molecule has 4 nitrogen and oxygen atoms in total. The van der Waals surface area contributed by atoms with E-state index in [-0.39, 0.29) is 5.91 Å². The van der Waals surface area contributed by atoms with Crippen molar-refractivity contribution >= 4 is 39.1 Å². The number of carbonyl (C=O) groups is 1. The summed E-state index contributed by atoms with van der Waals surface area (Å²) in [5.74, 6) is 0.00127. The Kier molecular flexibility index (Phi) is 4.22. The molecule has 0 bridgehead atoms. The molecule has 0 aliphatic carbocycles. The van der Waals surface area contributed by atoms with Gasteiger partial charge in [0, 0.05) is 36.9 Å². The summed E-state index contributed by atoms with van der Waals surface area (Å²) in [4.78, 5) is 16.5. The first-order valence-electron chi connectivity index (χ1n) is 6.68. The lowest BCUT2D eigenvalue weighted by molar-refractivity contribution is 0.0745. The zero-order valence-corrected chi connectivity index (χ0v) is 13.6. The van der Waals surface area contributed by atoms with Crippen LogP contribution in [0.4, 0.5) is 5.69 Å². The van der Waals surface area contributed by atoms with Gasteiger partial charge in [-0.15, -0.1) is 0 Å². The molecule has 1 aliphatic heterocycles. The molecular formula is C15H14BrClN2O2. The summed E-state index contributed by atoms with van der Waals surface area (Å²) < 4.78 is 5.61. The minimum absolute atomic E-state index is 0.00127. The molecule has 1 saturated heterocycles. The molecule has 1 fully saturated rings. The second-order valence-electron chi connectivity index (χ2n) is 4.87. The number of benzene rings is 1. The Hall–Kier alpha value is -1.46. The fraction of sp³-hybridized carbons (Fsp3) is 0.267. The maximum absolute atomic E-state index is 12.4. The summed E-state index contributed by atoms with van der Waals surface area (Å²) in [7, 11) is 0. The van der Waals surface area contributed by atoms with Gasteiger partial charge in [0.1, 0.15) is 0 Å². The van der Waals surface area contributed by atoms with Crippen molar-refractivity contribution in [2.45, 2.75) is 0 Å². The number of piperazine rings is 1. The largest absolute Gasteiger partial charge is 0.457 e. The van der Waals surface area contributed by atoms with Crippen LogP contribution in [-0.4, -0.2) is 37.0 Å². The topological polar surface area (TPSA) is 36.7 Å². The lowest BCUT2D eigenvalue weighted by Gasteiger charge is -2.36. The third-order valence-electron chi connectivity index (χ3n) is 3.59. The third kappa shape index (κ3) is 3.09. The number of hydrogen-bond donors (Lipinski definition) is 0. The van der Waals surface area contributed by atoms with Gasteiger partial charge >= 0.3 is 0 Å². The number of rotatable bonds is 2. The van der Waals surface area contributed by atoms with Gasteiger partial charge in [0.05, 0.1) is 11.8 Å². The van der Waals surface area contributed by atoms with Crippen LogP contribution in [0.15, 0.2) is 45.7 Å². The molecule has 0 spiro atoms. The van der Waals surface area contributed by atoms with E-state index in [0.29, 0.717) is 23.3 Å². The zero-order valence-electron chi connectivity index (χ0n) is 11.3. The summed E-state index contributed by atoms with van der Waals surface area (Å²) in [6.45, 7) is 2.95. The summed E-state index contributed by atoms with van der Waals surface area (Å²) in [5, 5.41) is 0.730. The van der Waals surface area contributed by atoms with Crippen LogP contribution in [0.25, 0.3) is 0 Å². The lowest BCUT2D eigenvalue weighted by Crippen LogP contribution is -2.48. The predicted molar refractivity (Wildman–Crippen MR) is 86.0 cm³/mol. The Morgan fingerprint density at radius 1 is 1.19 bits per heavy atom. The Bertz CT molecular complexity index is 651. The average Bonchev–Trinajstić information content (AvgIpc) is 2.93. The highest BCUT2D eigenvalue weighted by atomic mass is 79.9. The molecule has 1 aliphatic rings. The fourth-order valence-electron chi connectivity index (χ4n) is 2.46. The van der Waals surface area contributed by atoms with Crippen molar-refractivity contribution in [1.29, 1.82) is 0 Å². The van der Waals surface area contributed by atoms with Crippen molar-refractivity contribution in [3.63, 3.8) is 0 Å². The van der Waals surface area contributed by atoms with Crippen LogP contribution in [0, 0.1) is 0 Å². The number of anilines is 1. The first kappa shape index (κ1) is 14.5. The molecule has 2 aromatic rings. The summed E-state index contributed by atoms with van der Waals surface area (Å²) in [6, 6.07) is 9.48. The minimum Gasteiger partial charge on any atom is -0.457 e. The zero-order chi connectivity index (χ0) is 14.8. The molecule has 0 radical (unpaired) electrons. The summed E-state index contributed by atoms with van der Waals surface area (Å²) in [6.07, 6.45) is 1.51. The molecule has 1 aromatic heterocycles. The van der Waals surface area contributed by atoms with E-state index in [9.17, 15) is 4.79 Å². The number of nitrogens with zero attached hydrogens (tertiary/aromatic N) is 2. The van der Waals surface area contributed by atoms with Gasteiger partial charge in [0.15, 0.2) is 4.67 Å². The molecular weight excluding hydrogens is 356 g/mol. The first-order chi connectivity index (χ1) is 10.1. The van der Waals surface area contributed by atoms with Crippen molar-refractivity contribution < 1.29 is 9.21 Å². The van der Waals surface area contributed by atoms with Crippen molar-refractivity contribution in [2.75, 3.05) is 31.1 Å². The van der Waals surface area contributed by atoms with Gasteiger partial charge in [-0.25, -0.2) is 0 Å². The second-order valence-corrected chi connectivity index (χ2v) is 6.02. The number of halogens is 2. The number of furan rings is 1. The molecule has 6 heteroatoms. The van der Waals surface area contributed by atoms with Gasteiger partial charge in [-0.05, 0) is 40.2 Å². The van der Waals surface area contributed by atoms with E-state index in [1.165, 1.54) is 6.26 Å². The predicted octanol–water partition coefficient (Wildman–Crippen LogP) is 3.66. The average molecular weight is 370 g/mol. The normalized spacial score (nSPS) is 15.3. The Labute approximate surface area is 136 Å². The van der Waals surface area contributed by atoms with Crippen molar-refractivity contribution in [3.8, 4) is 0 Å². The van der Waals surface area contributed by atoms with E-state index < -0.39 is 0 Å². The highest BCUT2D eigenvalue weighted by Crippen LogP contribution is 2.23. The number of carbonyl (C=O) groups excluding carboxylic acids is 1. The lowest BCUT2D eigenvalue weighted by atomic mass is 10.2. The quantitative estimate of drug-likeness (QED) is 0.810. The van der Waals surface area contributed by atoms with E-state index in [1.54, 1.807) is 6.07 Å². The van der Waals surface area contributed by atoms with Gasteiger partial charge < -0.3 is 14.2 Å². The molecule has 0 saturated carbocycles. The van der Waals surface area contributed by atoms with E-state index in [0.717, 1.165) is 23.8 Å². The van der Waals surface area contributed by atoms with Crippen LogP contribution < -0.4 is 4.90 Å². The van der Waals surface area contributed by atoms with Gasteiger partial charge in [0.2, 0.25) is 0 Å². The van der Waals surface area contributed by atoms with Crippen LogP contribution >= 0.6 is 27.5 Å². The van der Waals surface area contributed by atoms with E-state index in [2.05, 4.69) is 20.8 Å². The number of amides is 1. The molecule has 21 heavy (non-hydrogen) atoms. The molecule has 2 heterocycles. The minimum atomic E-state index is 0.00127. The van der Waals surface area contributed by atoms with Gasteiger partial charge in [-0.2, -0.15) is 0 Å². The van der Waals surface area contributed by atoms with Gasteiger partial charge in [-0.3, -0.25) is 4.79 Å². The first-order valence-corrected chi connectivity index (χ1v) is 7.85. The monoisotopic (exact) mass is 368 g/mol. The highest BCUT2D eigenvalue weighted by Gasteiger charge is 2.24. The molecule has 110 valence electrons. The van der Waals surface area contributed by atoms with E-state index in [4.69, 9.17) is 16.0 Å². The molecule has 0 N–H and O–H groups in total.